The average molecular weight is 192 g/mol. The van der Waals surface area contributed by atoms with Crippen LogP contribution in [0.3, 0.4) is 0 Å². The normalized spacial score (nSPS) is 2.00. The van der Waals surface area contributed by atoms with Gasteiger partial charge in [-0.1, -0.05) is 0 Å². The van der Waals surface area contributed by atoms with E-state index in [0.29, 0.717) is 0 Å². The fourth-order valence-electron chi connectivity index (χ4n) is 0. The second kappa shape index (κ2) is 17.9. The molecule has 0 aliphatic rings. The van der Waals surface area contributed by atoms with Gasteiger partial charge in [0.15, 0.2) is 0 Å². The molecule has 0 bridgehead atoms. The van der Waals surface area contributed by atoms with E-state index in [1.807, 2.05) is 0 Å². The van der Waals surface area contributed by atoms with Crippen LogP contribution in [0.2, 0.25) is 0 Å². The molecule has 0 saturated heterocycles. The SMILES string of the molecule is [CH3-].[CH3-].[Cl][Zr+2][Cl]. The monoisotopic (exact) mass is 190 g/mol. The van der Waals surface area contributed by atoms with Crippen molar-refractivity contribution < 1.29 is 20.8 Å². The van der Waals surface area contributed by atoms with Crippen LogP contribution in [-0.2, 0) is 20.8 Å². The van der Waals surface area contributed by atoms with Gasteiger partial charge in [0.2, 0.25) is 0 Å². The van der Waals surface area contributed by atoms with Gasteiger partial charge in [0.1, 0.15) is 0 Å². The van der Waals surface area contributed by atoms with Gasteiger partial charge in [0.05, 0.1) is 0 Å². The first-order chi connectivity index (χ1) is 1.41. The van der Waals surface area contributed by atoms with Crippen molar-refractivity contribution in [2.45, 2.75) is 0 Å². The van der Waals surface area contributed by atoms with Crippen molar-refractivity contribution in [3.8, 4) is 0 Å². The van der Waals surface area contributed by atoms with E-state index in [1.165, 1.54) is 0 Å². The van der Waals surface area contributed by atoms with Crippen molar-refractivity contribution in [2.24, 2.45) is 0 Å². The summed E-state index contributed by atoms with van der Waals surface area (Å²) in [6.45, 7) is 0. The summed E-state index contributed by atoms with van der Waals surface area (Å²) in [7, 11) is 9.87. The molecule has 0 rings (SSSR count). The maximum atomic E-state index is 4.93. The van der Waals surface area contributed by atoms with E-state index in [4.69, 9.17) is 17.0 Å². The molecule has 32 valence electrons. The molecule has 0 aromatic carbocycles. The Labute approximate surface area is 52.5 Å². The molecule has 0 N–H and O–H groups in total. The Bertz CT molecular complexity index is 7.61. The quantitative estimate of drug-likeness (QED) is 0.516. The molecule has 5 heavy (non-hydrogen) atoms. The summed E-state index contributed by atoms with van der Waals surface area (Å²) in [6, 6.07) is 0. The van der Waals surface area contributed by atoms with Gasteiger partial charge in [0, 0.05) is 0 Å². The Morgan fingerprint density at radius 3 is 1.00 bits per heavy atom. The van der Waals surface area contributed by atoms with E-state index in [-0.39, 0.29) is 14.9 Å². The minimum atomic E-state index is -0.826. The van der Waals surface area contributed by atoms with E-state index in [0.717, 1.165) is 0 Å². The Morgan fingerprint density at radius 1 is 1.00 bits per heavy atom. The predicted octanol–water partition coefficient (Wildman–Crippen LogP) is 2.28. The van der Waals surface area contributed by atoms with Gasteiger partial charge in [-0.15, -0.1) is 0 Å². The summed E-state index contributed by atoms with van der Waals surface area (Å²) in [5.74, 6) is 0. The van der Waals surface area contributed by atoms with E-state index in [2.05, 4.69) is 0 Å². The standard InChI is InChI=1S/2CH3.2ClH.Zr/h2*1H3;2*1H;/q2*-1;;;+4/p-2. The zero-order valence-corrected chi connectivity index (χ0v) is 7.23. The minimum absolute atomic E-state index is 0. The number of hydrogen-bond donors (Lipinski definition) is 0. The first-order valence-electron chi connectivity index (χ1n) is 0.378. The zero-order valence-electron chi connectivity index (χ0n) is 3.26. The molecule has 0 radical (unpaired) electrons. The Morgan fingerprint density at radius 2 is 1.00 bits per heavy atom. The molecule has 0 saturated carbocycles. The number of hydrogen-bond acceptors (Lipinski definition) is 0. The second-order valence-corrected chi connectivity index (χ2v) is 3.80. The van der Waals surface area contributed by atoms with E-state index in [9.17, 15) is 0 Å². The van der Waals surface area contributed by atoms with Crippen molar-refractivity contribution in [3.63, 3.8) is 0 Å². The van der Waals surface area contributed by atoms with Gasteiger partial charge in [0.25, 0.3) is 0 Å². The van der Waals surface area contributed by atoms with Crippen molar-refractivity contribution in [2.75, 3.05) is 0 Å². The molecule has 0 fully saturated rings. The first-order valence-corrected chi connectivity index (χ1v) is 6.71. The maximum absolute atomic E-state index is 4.93. The molecular formula is C2H6Cl2Zr. The average Bonchev–Trinajstić information content (AvgIpc) is 0.918. The fourth-order valence-corrected chi connectivity index (χ4v) is 0. The zero-order chi connectivity index (χ0) is 2.71. The second-order valence-electron chi connectivity index (χ2n) is 0.0714. The summed E-state index contributed by atoms with van der Waals surface area (Å²) < 4.78 is 0. The van der Waals surface area contributed by atoms with Crippen LogP contribution in [0.15, 0.2) is 0 Å². The fraction of sp³-hybridized carbons (Fsp3) is 0. The summed E-state index contributed by atoms with van der Waals surface area (Å²) in [5, 5.41) is 0. The third-order valence-electron chi connectivity index (χ3n) is 0. The topological polar surface area (TPSA) is 0 Å². The number of rotatable bonds is 0. The van der Waals surface area contributed by atoms with Gasteiger partial charge in [-0.25, -0.2) is 0 Å². The summed E-state index contributed by atoms with van der Waals surface area (Å²) in [4.78, 5) is 0. The van der Waals surface area contributed by atoms with Crippen LogP contribution in [-0.4, -0.2) is 0 Å². The molecule has 0 aliphatic carbocycles. The predicted molar refractivity (Wildman–Crippen MR) is 24.5 cm³/mol. The van der Waals surface area contributed by atoms with Gasteiger partial charge in [-0.2, -0.15) is 0 Å². The van der Waals surface area contributed by atoms with Crippen LogP contribution in [0.5, 0.6) is 0 Å². The van der Waals surface area contributed by atoms with Crippen LogP contribution in [0.4, 0.5) is 0 Å². The molecule has 0 heterocycles. The van der Waals surface area contributed by atoms with Crippen LogP contribution in [0.25, 0.3) is 0 Å². The molecule has 0 aromatic rings. The summed E-state index contributed by atoms with van der Waals surface area (Å²) >= 11 is -0.826. The van der Waals surface area contributed by atoms with Crippen molar-refractivity contribution in [3.05, 3.63) is 14.9 Å². The van der Waals surface area contributed by atoms with Gasteiger partial charge in [-0.3, -0.25) is 0 Å². The van der Waals surface area contributed by atoms with E-state index in [1.54, 1.807) is 0 Å². The first kappa shape index (κ1) is 16.1. The molecule has 0 aromatic heterocycles. The Balaban J connectivity index is -0.0000000200. The van der Waals surface area contributed by atoms with Gasteiger partial charge >= 0.3 is 37.9 Å². The molecule has 0 atom stereocenters. The Hall–Kier alpha value is 1.46. The van der Waals surface area contributed by atoms with E-state index >= 15 is 0 Å². The molecule has 0 unspecified atom stereocenters. The third kappa shape index (κ3) is 30.6. The Kier molecular flexibility index (Phi) is 57.7. The van der Waals surface area contributed by atoms with Crippen molar-refractivity contribution in [1.29, 1.82) is 0 Å². The van der Waals surface area contributed by atoms with Crippen LogP contribution < -0.4 is 0 Å². The molecule has 0 aliphatic heterocycles. The summed E-state index contributed by atoms with van der Waals surface area (Å²) in [5.41, 5.74) is 0. The molecule has 0 nitrogen and oxygen atoms in total. The van der Waals surface area contributed by atoms with Gasteiger partial charge in [-0.05, 0) is 0 Å². The van der Waals surface area contributed by atoms with Crippen LogP contribution >= 0.6 is 17.0 Å². The molecular weight excluding hydrogens is 186 g/mol. The third-order valence-corrected chi connectivity index (χ3v) is 0. The van der Waals surface area contributed by atoms with Crippen LogP contribution in [0, 0.1) is 14.9 Å². The van der Waals surface area contributed by atoms with E-state index < -0.39 is 20.8 Å². The summed E-state index contributed by atoms with van der Waals surface area (Å²) in [6.07, 6.45) is 0. The number of halogens is 2. The molecule has 0 spiro atoms. The molecule has 3 heteroatoms. The van der Waals surface area contributed by atoms with Crippen molar-refractivity contribution >= 4 is 17.0 Å². The molecule has 0 amide bonds. The van der Waals surface area contributed by atoms with Gasteiger partial charge < -0.3 is 14.9 Å². The van der Waals surface area contributed by atoms with Crippen molar-refractivity contribution in [1.82, 2.24) is 0 Å². The van der Waals surface area contributed by atoms with Crippen LogP contribution in [0.1, 0.15) is 0 Å².